The fourth-order valence-corrected chi connectivity index (χ4v) is 3.43. The highest BCUT2D eigenvalue weighted by atomic mass is 19.1. The lowest BCUT2D eigenvalue weighted by Crippen LogP contribution is -2.19. The van der Waals surface area contributed by atoms with Gasteiger partial charge in [0.25, 0.3) is 0 Å². The highest BCUT2D eigenvalue weighted by molar-refractivity contribution is 5.85. The molecule has 7 heteroatoms. The Balaban J connectivity index is 1.53. The van der Waals surface area contributed by atoms with E-state index in [9.17, 15) is 23.1 Å². The largest absolute Gasteiger partial charge is 0.503 e. The van der Waals surface area contributed by atoms with Crippen LogP contribution in [0.4, 0.5) is 23.7 Å². The molecule has 0 unspecified atom stereocenters. The van der Waals surface area contributed by atoms with Crippen molar-refractivity contribution >= 4 is 11.8 Å². The summed E-state index contributed by atoms with van der Waals surface area (Å²) in [6, 6.07) is 15.7. The van der Waals surface area contributed by atoms with E-state index in [2.05, 4.69) is 0 Å². The van der Waals surface area contributed by atoms with Gasteiger partial charge in [0.15, 0.2) is 23.2 Å². The first-order valence-corrected chi connectivity index (χ1v) is 8.46. The van der Waals surface area contributed by atoms with E-state index >= 15 is 0 Å². The molecular weight excluding hydrogens is 371 g/mol. The Bertz CT molecular complexity index is 1040. The summed E-state index contributed by atoms with van der Waals surface area (Å²) < 4.78 is 45.8. The number of phenols is 1. The molecule has 0 spiro atoms. The van der Waals surface area contributed by atoms with Gasteiger partial charge in [-0.25, -0.2) is 18.0 Å². The molecule has 0 radical (unpaired) electrons. The average Bonchev–Trinajstić information content (AvgIpc) is 3.02. The lowest BCUT2D eigenvalue weighted by molar-refractivity contribution is 0.158. The van der Waals surface area contributed by atoms with Crippen molar-refractivity contribution in [3.63, 3.8) is 0 Å². The molecule has 0 bridgehead atoms. The Morgan fingerprint density at radius 2 is 1.54 bits per heavy atom. The van der Waals surface area contributed by atoms with Crippen LogP contribution in [0.1, 0.15) is 17.0 Å². The van der Waals surface area contributed by atoms with Gasteiger partial charge in [0.1, 0.15) is 12.3 Å². The number of benzene rings is 3. The van der Waals surface area contributed by atoms with Gasteiger partial charge in [0.05, 0.1) is 0 Å². The Labute approximate surface area is 158 Å². The molecule has 0 heterocycles. The highest BCUT2D eigenvalue weighted by Gasteiger charge is 2.29. The van der Waals surface area contributed by atoms with E-state index in [-0.39, 0.29) is 18.6 Å². The standard InChI is InChI=1S/C21H14F3NO3/c22-16-9-17(23)20(26)18(24)19(16)25-21(27)28-10-15-13-7-3-1-5-11(13)12-6-2-4-8-14(12)15/h1-9,15,26H,10H2,(H,25,27). The van der Waals surface area contributed by atoms with Crippen LogP contribution in [-0.2, 0) is 4.74 Å². The first-order valence-electron chi connectivity index (χ1n) is 8.46. The van der Waals surface area contributed by atoms with E-state index in [1.807, 2.05) is 53.8 Å². The Morgan fingerprint density at radius 1 is 0.964 bits per heavy atom. The van der Waals surface area contributed by atoms with E-state index < -0.39 is 35.0 Å². The smallest absolute Gasteiger partial charge is 0.411 e. The van der Waals surface area contributed by atoms with E-state index in [4.69, 9.17) is 4.74 Å². The van der Waals surface area contributed by atoms with Gasteiger partial charge in [0.2, 0.25) is 0 Å². The van der Waals surface area contributed by atoms with Crippen molar-refractivity contribution in [1.82, 2.24) is 0 Å². The number of phenolic OH excluding ortho intramolecular Hbond substituents is 1. The van der Waals surface area contributed by atoms with Gasteiger partial charge in [-0.05, 0) is 22.3 Å². The lowest BCUT2D eigenvalue weighted by atomic mass is 9.98. The number of nitrogens with one attached hydrogen (secondary N) is 1. The van der Waals surface area contributed by atoms with Crippen LogP contribution in [0.15, 0.2) is 54.6 Å². The van der Waals surface area contributed by atoms with Crippen LogP contribution < -0.4 is 5.32 Å². The van der Waals surface area contributed by atoms with Crippen LogP contribution in [0.2, 0.25) is 0 Å². The van der Waals surface area contributed by atoms with Crippen LogP contribution in [0, 0.1) is 17.5 Å². The molecule has 3 aromatic rings. The predicted octanol–water partition coefficient (Wildman–Crippen LogP) is 5.17. The van der Waals surface area contributed by atoms with Gasteiger partial charge in [-0.15, -0.1) is 0 Å². The number of halogens is 3. The summed E-state index contributed by atoms with van der Waals surface area (Å²) in [4.78, 5) is 12.1. The number of ether oxygens (including phenoxy) is 1. The number of anilines is 1. The quantitative estimate of drug-likeness (QED) is 0.654. The maximum atomic E-state index is 13.8. The normalized spacial score (nSPS) is 12.4. The fourth-order valence-electron chi connectivity index (χ4n) is 3.43. The summed E-state index contributed by atoms with van der Waals surface area (Å²) in [6.07, 6.45) is -1.12. The zero-order valence-electron chi connectivity index (χ0n) is 14.4. The second kappa shape index (κ2) is 6.92. The molecule has 0 aliphatic heterocycles. The summed E-state index contributed by atoms with van der Waals surface area (Å²) in [5.74, 6) is -6.04. The van der Waals surface area contributed by atoms with E-state index in [0.717, 1.165) is 22.3 Å². The summed E-state index contributed by atoms with van der Waals surface area (Å²) in [7, 11) is 0. The molecule has 4 rings (SSSR count). The molecule has 3 aromatic carbocycles. The molecule has 4 nitrogen and oxygen atoms in total. The van der Waals surface area contributed by atoms with Crippen molar-refractivity contribution in [3.05, 3.63) is 83.2 Å². The number of hydrogen-bond donors (Lipinski definition) is 2. The second-order valence-electron chi connectivity index (χ2n) is 6.33. The molecule has 1 amide bonds. The van der Waals surface area contributed by atoms with Crippen LogP contribution in [0.3, 0.4) is 0 Å². The third-order valence-corrected chi connectivity index (χ3v) is 4.72. The minimum Gasteiger partial charge on any atom is -0.503 e. The van der Waals surface area contributed by atoms with Gasteiger partial charge in [-0.3, -0.25) is 5.32 Å². The SMILES string of the molecule is O=C(Nc1c(F)cc(F)c(O)c1F)OCC1c2ccccc2-c2ccccc21. The molecular formula is C21H14F3NO3. The zero-order valence-corrected chi connectivity index (χ0v) is 14.4. The minimum atomic E-state index is -1.61. The number of amides is 1. The van der Waals surface area contributed by atoms with Gasteiger partial charge in [-0.1, -0.05) is 48.5 Å². The van der Waals surface area contributed by atoms with Crippen molar-refractivity contribution in [2.75, 3.05) is 11.9 Å². The molecule has 142 valence electrons. The molecule has 0 saturated carbocycles. The Kier molecular flexibility index (Phi) is 4.43. The maximum absolute atomic E-state index is 13.8. The number of rotatable bonds is 3. The number of hydrogen-bond acceptors (Lipinski definition) is 3. The van der Waals surface area contributed by atoms with E-state index in [1.54, 1.807) is 0 Å². The molecule has 0 aromatic heterocycles. The van der Waals surface area contributed by atoms with Crippen molar-refractivity contribution < 1.29 is 27.8 Å². The molecule has 28 heavy (non-hydrogen) atoms. The third-order valence-electron chi connectivity index (χ3n) is 4.72. The summed E-state index contributed by atoms with van der Waals surface area (Å²) >= 11 is 0. The van der Waals surface area contributed by atoms with Crippen molar-refractivity contribution in [3.8, 4) is 16.9 Å². The third kappa shape index (κ3) is 2.94. The molecule has 1 aliphatic rings. The fraction of sp³-hybridized carbons (Fsp3) is 0.0952. The predicted molar refractivity (Wildman–Crippen MR) is 96.7 cm³/mol. The highest BCUT2D eigenvalue weighted by Crippen LogP contribution is 2.44. The van der Waals surface area contributed by atoms with Crippen LogP contribution in [0.25, 0.3) is 11.1 Å². The first-order chi connectivity index (χ1) is 13.5. The molecule has 2 N–H and O–H groups in total. The van der Waals surface area contributed by atoms with Crippen molar-refractivity contribution in [2.45, 2.75) is 5.92 Å². The van der Waals surface area contributed by atoms with Crippen LogP contribution in [-0.4, -0.2) is 17.8 Å². The first kappa shape index (κ1) is 17.9. The number of aromatic hydroxyl groups is 1. The van der Waals surface area contributed by atoms with Gasteiger partial charge in [-0.2, -0.15) is 0 Å². The van der Waals surface area contributed by atoms with Gasteiger partial charge < -0.3 is 9.84 Å². The molecule has 1 aliphatic carbocycles. The monoisotopic (exact) mass is 385 g/mol. The van der Waals surface area contributed by atoms with Crippen LogP contribution in [0.5, 0.6) is 5.75 Å². The average molecular weight is 385 g/mol. The van der Waals surface area contributed by atoms with Crippen LogP contribution >= 0.6 is 0 Å². The van der Waals surface area contributed by atoms with E-state index in [0.29, 0.717) is 0 Å². The van der Waals surface area contributed by atoms with E-state index in [1.165, 1.54) is 0 Å². The number of carbonyl (C=O) groups is 1. The topological polar surface area (TPSA) is 58.6 Å². The minimum absolute atomic E-state index is 0.0593. The summed E-state index contributed by atoms with van der Waals surface area (Å²) in [5, 5.41) is 11.1. The number of carbonyl (C=O) groups excluding carboxylic acids is 1. The Morgan fingerprint density at radius 3 is 2.14 bits per heavy atom. The molecule has 0 saturated heterocycles. The van der Waals surface area contributed by atoms with Gasteiger partial charge >= 0.3 is 6.09 Å². The maximum Gasteiger partial charge on any atom is 0.411 e. The zero-order chi connectivity index (χ0) is 19.8. The molecule has 0 fully saturated rings. The van der Waals surface area contributed by atoms with Gasteiger partial charge in [0, 0.05) is 12.0 Å². The Hall–Kier alpha value is -3.48. The number of fused-ring (bicyclic) bond motifs is 3. The van der Waals surface area contributed by atoms with Crippen molar-refractivity contribution in [1.29, 1.82) is 0 Å². The molecule has 0 atom stereocenters. The summed E-state index contributed by atoms with van der Waals surface area (Å²) in [6.45, 7) is -0.0593. The second-order valence-corrected chi connectivity index (χ2v) is 6.33. The summed E-state index contributed by atoms with van der Waals surface area (Å²) in [5.41, 5.74) is 3.05. The lowest BCUT2D eigenvalue weighted by Gasteiger charge is -2.15. The van der Waals surface area contributed by atoms with Crippen molar-refractivity contribution in [2.24, 2.45) is 0 Å².